The molecule has 2 atom stereocenters. The maximum atomic E-state index is 12.0. The number of carbonyl (C=O) groups is 1. The van der Waals surface area contributed by atoms with Crippen molar-refractivity contribution in [1.82, 2.24) is 9.80 Å². The Balaban J connectivity index is 1.90. The molecule has 4 heteroatoms. The van der Waals surface area contributed by atoms with Gasteiger partial charge in [0.05, 0.1) is 6.04 Å². The summed E-state index contributed by atoms with van der Waals surface area (Å²) in [6.45, 7) is 4.98. The molecule has 1 heterocycles. The second-order valence-electron chi connectivity index (χ2n) is 5.43. The molecule has 1 saturated heterocycles. The highest BCUT2D eigenvalue weighted by atomic mass is 16.2. The van der Waals surface area contributed by atoms with Gasteiger partial charge >= 0.3 is 0 Å². The van der Waals surface area contributed by atoms with Crippen LogP contribution < -0.4 is 5.73 Å². The fourth-order valence-corrected chi connectivity index (χ4v) is 2.52. The molecule has 0 aromatic rings. The molecule has 2 fully saturated rings. The third-order valence-corrected chi connectivity index (χ3v) is 3.60. The van der Waals surface area contributed by atoms with E-state index < -0.39 is 0 Å². The zero-order valence-electron chi connectivity index (χ0n) is 10.4. The van der Waals surface area contributed by atoms with Crippen LogP contribution >= 0.6 is 0 Å². The maximum Gasteiger partial charge on any atom is 0.239 e. The minimum absolute atomic E-state index is 0.136. The van der Waals surface area contributed by atoms with E-state index in [2.05, 4.69) is 11.9 Å². The Labute approximate surface area is 97.8 Å². The normalized spacial score (nSPS) is 28.1. The van der Waals surface area contributed by atoms with Crippen molar-refractivity contribution in [3.63, 3.8) is 0 Å². The quantitative estimate of drug-likeness (QED) is 0.747. The molecule has 0 aromatic heterocycles. The molecule has 1 unspecified atom stereocenters. The summed E-state index contributed by atoms with van der Waals surface area (Å²) >= 11 is 0. The van der Waals surface area contributed by atoms with Gasteiger partial charge in [-0.25, -0.2) is 0 Å². The van der Waals surface area contributed by atoms with Gasteiger partial charge in [0.15, 0.2) is 0 Å². The predicted molar refractivity (Wildman–Crippen MR) is 64.0 cm³/mol. The molecule has 2 aliphatic rings. The van der Waals surface area contributed by atoms with Crippen molar-refractivity contribution in [3.05, 3.63) is 0 Å². The van der Waals surface area contributed by atoms with Crippen LogP contribution in [-0.4, -0.2) is 54.5 Å². The van der Waals surface area contributed by atoms with Crippen LogP contribution in [0.15, 0.2) is 0 Å². The highest BCUT2D eigenvalue weighted by Crippen LogP contribution is 2.29. The predicted octanol–water partition coefficient (Wildman–Crippen LogP) is 0.276. The summed E-state index contributed by atoms with van der Waals surface area (Å²) in [6, 6.07) is 0.143. The molecule has 1 amide bonds. The Bertz CT molecular complexity index is 263. The topological polar surface area (TPSA) is 49.6 Å². The first kappa shape index (κ1) is 11.9. The molecule has 4 nitrogen and oxygen atoms in total. The average Bonchev–Trinajstić information content (AvgIpc) is 2.98. The molecule has 92 valence electrons. The molecule has 0 spiro atoms. The third-order valence-electron chi connectivity index (χ3n) is 3.60. The Morgan fingerprint density at radius 2 is 2.19 bits per heavy atom. The Morgan fingerprint density at radius 3 is 2.62 bits per heavy atom. The van der Waals surface area contributed by atoms with Crippen molar-refractivity contribution >= 4 is 5.91 Å². The lowest BCUT2D eigenvalue weighted by Crippen LogP contribution is -2.45. The van der Waals surface area contributed by atoms with Crippen molar-refractivity contribution in [2.24, 2.45) is 11.7 Å². The molecule has 0 bridgehead atoms. The van der Waals surface area contributed by atoms with E-state index in [0.29, 0.717) is 12.0 Å². The van der Waals surface area contributed by atoms with E-state index in [9.17, 15) is 4.79 Å². The third kappa shape index (κ3) is 2.74. The van der Waals surface area contributed by atoms with Gasteiger partial charge in [0, 0.05) is 19.1 Å². The van der Waals surface area contributed by atoms with Crippen LogP contribution in [0.3, 0.4) is 0 Å². The largest absolute Gasteiger partial charge is 0.338 e. The first-order valence-electron chi connectivity index (χ1n) is 6.32. The van der Waals surface area contributed by atoms with Crippen molar-refractivity contribution in [1.29, 1.82) is 0 Å². The zero-order valence-corrected chi connectivity index (χ0v) is 10.4. The monoisotopic (exact) mass is 225 g/mol. The summed E-state index contributed by atoms with van der Waals surface area (Å²) in [5.41, 5.74) is 5.70. The summed E-state index contributed by atoms with van der Waals surface area (Å²) in [7, 11) is 2.15. The molecule has 1 aliphatic heterocycles. The SMILES string of the molecule is C[C@H](N)C(=O)N(CC1CCN(C)C1)C1CC1. The van der Waals surface area contributed by atoms with E-state index >= 15 is 0 Å². The fourth-order valence-electron chi connectivity index (χ4n) is 2.52. The first-order valence-corrected chi connectivity index (χ1v) is 6.32. The van der Waals surface area contributed by atoms with Crippen molar-refractivity contribution in [2.75, 3.05) is 26.7 Å². The lowest BCUT2D eigenvalue weighted by Gasteiger charge is -2.27. The molecular weight excluding hydrogens is 202 g/mol. The second-order valence-corrected chi connectivity index (χ2v) is 5.43. The average molecular weight is 225 g/mol. The smallest absolute Gasteiger partial charge is 0.239 e. The number of hydrogen-bond acceptors (Lipinski definition) is 3. The van der Waals surface area contributed by atoms with Crippen LogP contribution in [-0.2, 0) is 4.79 Å². The zero-order chi connectivity index (χ0) is 11.7. The van der Waals surface area contributed by atoms with E-state index in [1.54, 1.807) is 6.92 Å². The van der Waals surface area contributed by atoms with E-state index in [1.807, 2.05) is 4.90 Å². The molecule has 16 heavy (non-hydrogen) atoms. The van der Waals surface area contributed by atoms with Crippen molar-refractivity contribution in [2.45, 2.75) is 38.3 Å². The molecule has 0 aromatic carbocycles. The Kier molecular flexibility index (Phi) is 3.50. The summed E-state index contributed by atoms with van der Waals surface area (Å²) in [6.07, 6.45) is 3.55. The summed E-state index contributed by atoms with van der Waals surface area (Å²) in [5, 5.41) is 0. The Morgan fingerprint density at radius 1 is 1.50 bits per heavy atom. The van der Waals surface area contributed by atoms with Gasteiger partial charge in [-0.2, -0.15) is 0 Å². The number of carbonyl (C=O) groups excluding carboxylic acids is 1. The molecular formula is C12H23N3O. The number of amides is 1. The number of likely N-dealkylation sites (tertiary alicyclic amines) is 1. The second kappa shape index (κ2) is 4.72. The number of rotatable bonds is 4. The molecule has 2 N–H and O–H groups in total. The van der Waals surface area contributed by atoms with Crippen LogP contribution in [0.2, 0.25) is 0 Å². The van der Waals surface area contributed by atoms with Crippen molar-refractivity contribution in [3.8, 4) is 0 Å². The van der Waals surface area contributed by atoms with Crippen molar-refractivity contribution < 1.29 is 4.79 Å². The van der Waals surface area contributed by atoms with Crippen LogP contribution in [0, 0.1) is 5.92 Å². The lowest BCUT2D eigenvalue weighted by atomic mass is 10.1. The molecule has 2 rings (SSSR count). The summed E-state index contributed by atoms with van der Waals surface area (Å²) in [5.74, 6) is 0.783. The minimum atomic E-state index is -0.347. The number of nitrogens with two attached hydrogens (primary N) is 1. The standard InChI is InChI=1S/C12H23N3O/c1-9(13)12(16)15(11-3-4-11)8-10-5-6-14(2)7-10/h9-11H,3-8,13H2,1-2H3/t9-,10?/m0/s1. The van der Waals surface area contributed by atoms with Gasteiger partial charge in [-0.1, -0.05) is 0 Å². The maximum absolute atomic E-state index is 12.0. The fraction of sp³-hybridized carbons (Fsp3) is 0.917. The lowest BCUT2D eigenvalue weighted by molar-refractivity contribution is -0.133. The summed E-state index contributed by atoms with van der Waals surface area (Å²) < 4.78 is 0. The number of hydrogen-bond donors (Lipinski definition) is 1. The van der Waals surface area contributed by atoms with Gasteiger partial charge in [-0.3, -0.25) is 4.79 Å². The minimum Gasteiger partial charge on any atom is -0.338 e. The van der Waals surface area contributed by atoms with Crippen LogP contribution in [0.4, 0.5) is 0 Å². The number of nitrogens with zero attached hydrogens (tertiary/aromatic N) is 2. The van der Waals surface area contributed by atoms with Crippen LogP contribution in [0.1, 0.15) is 26.2 Å². The molecule has 0 radical (unpaired) electrons. The molecule has 1 saturated carbocycles. The van der Waals surface area contributed by atoms with E-state index in [4.69, 9.17) is 5.73 Å². The van der Waals surface area contributed by atoms with E-state index in [-0.39, 0.29) is 11.9 Å². The first-order chi connectivity index (χ1) is 7.58. The van der Waals surface area contributed by atoms with Crippen LogP contribution in [0.5, 0.6) is 0 Å². The van der Waals surface area contributed by atoms with Gasteiger partial charge in [-0.15, -0.1) is 0 Å². The van der Waals surface area contributed by atoms with Gasteiger partial charge in [0.1, 0.15) is 0 Å². The Hall–Kier alpha value is -0.610. The van der Waals surface area contributed by atoms with Gasteiger partial charge in [0.25, 0.3) is 0 Å². The van der Waals surface area contributed by atoms with Gasteiger partial charge in [0.2, 0.25) is 5.91 Å². The van der Waals surface area contributed by atoms with Crippen LogP contribution in [0.25, 0.3) is 0 Å². The highest BCUT2D eigenvalue weighted by Gasteiger charge is 2.35. The highest BCUT2D eigenvalue weighted by molar-refractivity contribution is 5.81. The van der Waals surface area contributed by atoms with Gasteiger partial charge < -0.3 is 15.5 Å². The van der Waals surface area contributed by atoms with Gasteiger partial charge in [-0.05, 0) is 45.7 Å². The van der Waals surface area contributed by atoms with E-state index in [0.717, 1.165) is 19.6 Å². The summed E-state index contributed by atoms with van der Waals surface area (Å²) in [4.78, 5) is 16.4. The van der Waals surface area contributed by atoms with E-state index in [1.165, 1.54) is 19.3 Å². The molecule has 1 aliphatic carbocycles.